The van der Waals surface area contributed by atoms with Crippen molar-refractivity contribution in [2.24, 2.45) is 0 Å². The lowest BCUT2D eigenvalue weighted by atomic mass is 10.1. The monoisotopic (exact) mass is 416 g/mol. The van der Waals surface area contributed by atoms with Crippen LogP contribution in [0.3, 0.4) is 0 Å². The van der Waals surface area contributed by atoms with Crippen LogP contribution in [0.5, 0.6) is 5.75 Å². The summed E-state index contributed by atoms with van der Waals surface area (Å²) in [5.41, 5.74) is 3.37. The van der Waals surface area contributed by atoms with E-state index in [1.165, 1.54) is 23.3 Å². The van der Waals surface area contributed by atoms with Crippen LogP contribution in [0.15, 0.2) is 59.4 Å². The molecule has 5 heteroatoms. The third-order valence-electron chi connectivity index (χ3n) is 5.92. The Balaban J connectivity index is 1.65. The second kappa shape index (κ2) is 8.07. The highest BCUT2D eigenvalue weighted by Gasteiger charge is 2.21. The van der Waals surface area contributed by atoms with E-state index in [1.807, 2.05) is 47.0 Å². The highest BCUT2D eigenvalue weighted by Crippen LogP contribution is 2.34. The Hall–Kier alpha value is -2.92. The lowest BCUT2D eigenvalue weighted by Gasteiger charge is -2.13. The van der Waals surface area contributed by atoms with Gasteiger partial charge in [0.1, 0.15) is 16.4 Å². The summed E-state index contributed by atoms with van der Waals surface area (Å²) in [5, 5.41) is 10.4. The van der Waals surface area contributed by atoms with Crippen molar-refractivity contribution in [3.8, 4) is 17.1 Å². The molecule has 1 N–H and O–H groups in total. The summed E-state index contributed by atoms with van der Waals surface area (Å²) < 4.78 is 1.85. The first kappa shape index (κ1) is 19.1. The standard InChI is InChI=1S/C25H24N2O2S/c28-19-13-11-17(12-14-19)15-16-27-23(18-7-3-1-4-8-18)26-24-22(25(27)29)20-9-5-2-6-10-21(20)30-24/h1,3-4,7-8,11-14,28H,2,5-6,9-10,15-16H2. The summed E-state index contributed by atoms with van der Waals surface area (Å²) in [5.74, 6) is 0.994. The van der Waals surface area contributed by atoms with Crippen molar-refractivity contribution in [3.05, 3.63) is 81.0 Å². The minimum absolute atomic E-state index is 0.0806. The molecule has 0 unspecified atom stereocenters. The van der Waals surface area contributed by atoms with Crippen LogP contribution in [-0.2, 0) is 25.8 Å². The summed E-state index contributed by atoms with van der Waals surface area (Å²) in [6, 6.07) is 17.2. The number of aromatic nitrogens is 2. The van der Waals surface area contributed by atoms with Crippen LogP contribution in [0.1, 0.15) is 35.3 Å². The molecule has 0 aliphatic heterocycles. The molecule has 0 saturated heterocycles. The third-order valence-corrected chi connectivity index (χ3v) is 7.10. The molecule has 2 heterocycles. The Labute approximate surface area is 179 Å². The van der Waals surface area contributed by atoms with Gasteiger partial charge in [0.2, 0.25) is 0 Å². The van der Waals surface area contributed by atoms with Gasteiger partial charge in [0.05, 0.1) is 5.39 Å². The van der Waals surface area contributed by atoms with Crippen molar-refractivity contribution < 1.29 is 5.11 Å². The van der Waals surface area contributed by atoms with E-state index in [0.29, 0.717) is 13.0 Å². The highest BCUT2D eigenvalue weighted by molar-refractivity contribution is 7.18. The SMILES string of the molecule is O=c1c2c3c(sc2nc(-c2ccccc2)n1CCc1ccc(O)cc1)CCCCC3. The first-order valence-corrected chi connectivity index (χ1v) is 11.4. The molecule has 0 fully saturated rings. The zero-order valence-electron chi connectivity index (χ0n) is 16.8. The topological polar surface area (TPSA) is 55.1 Å². The van der Waals surface area contributed by atoms with Crippen molar-refractivity contribution in [2.45, 2.75) is 45.1 Å². The maximum atomic E-state index is 13.7. The molecule has 0 radical (unpaired) electrons. The lowest BCUT2D eigenvalue weighted by molar-refractivity contribution is 0.475. The Kier molecular flexibility index (Phi) is 5.13. The number of aromatic hydroxyl groups is 1. The summed E-state index contributed by atoms with van der Waals surface area (Å²) in [6.07, 6.45) is 6.32. The van der Waals surface area contributed by atoms with Crippen LogP contribution in [0.25, 0.3) is 21.6 Å². The molecule has 0 amide bonds. The average Bonchev–Trinajstić information content (AvgIpc) is 2.96. The third kappa shape index (κ3) is 3.54. The minimum Gasteiger partial charge on any atom is -0.508 e. The van der Waals surface area contributed by atoms with E-state index in [9.17, 15) is 9.90 Å². The van der Waals surface area contributed by atoms with Crippen LogP contribution >= 0.6 is 11.3 Å². The quantitative estimate of drug-likeness (QED) is 0.457. The van der Waals surface area contributed by atoms with Crippen molar-refractivity contribution in [1.29, 1.82) is 0 Å². The van der Waals surface area contributed by atoms with Gasteiger partial charge in [-0.05, 0) is 55.4 Å². The van der Waals surface area contributed by atoms with Gasteiger partial charge in [0.25, 0.3) is 5.56 Å². The number of aryl methyl sites for hydroxylation is 3. The second-order valence-corrected chi connectivity index (χ2v) is 9.00. The van der Waals surface area contributed by atoms with E-state index >= 15 is 0 Å². The normalized spacial score (nSPS) is 13.9. The molecule has 1 aliphatic carbocycles. The van der Waals surface area contributed by atoms with E-state index < -0.39 is 0 Å². The number of benzene rings is 2. The molecule has 1 aliphatic rings. The van der Waals surface area contributed by atoms with Gasteiger partial charge in [-0.25, -0.2) is 4.98 Å². The van der Waals surface area contributed by atoms with Crippen molar-refractivity contribution in [1.82, 2.24) is 9.55 Å². The smallest absolute Gasteiger partial charge is 0.262 e. The van der Waals surface area contributed by atoms with Crippen molar-refractivity contribution in [2.75, 3.05) is 0 Å². The number of hydrogen-bond acceptors (Lipinski definition) is 4. The molecule has 30 heavy (non-hydrogen) atoms. The largest absolute Gasteiger partial charge is 0.508 e. The molecule has 4 nitrogen and oxygen atoms in total. The number of thiophene rings is 1. The first-order valence-electron chi connectivity index (χ1n) is 10.6. The van der Waals surface area contributed by atoms with Gasteiger partial charge in [0, 0.05) is 17.0 Å². The van der Waals surface area contributed by atoms with Crippen LogP contribution < -0.4 is 5.56 Å². The zero-order chi connectivity index (χ0) is 20.5. The van der Waals surface area contributed by atoms with E-state index in [4.69, 9.17) is 4.98 Å². The van der Waals surface area contributed by atoms with Crippen LogP contribution in [-0.4, -0.2) is 14.7 Å². The molecule has 0 saturated carbocycles. The Morgan fingerprint density at radius 2 is 1.73 bits per heavy atom. The zero-order valence-corrected chi connectivity index (χ0v) is 17.6. The fraction of sp³-hybridized carbons (Fsp3) is 0.280. The number of phenolic OH excluding ortho intramolecular Hbond substituents is 1. The summed E-state index contributed by atoms with van der Waals surface area (Å²) in [6.45, 7) is 0.557. The fourth-order valence-corrected chi connectivity index (χ4v) is 5.59. The molecule has 5 rings (SSSR count). The maximum Gasteiger partial charge on any atom is 0.262 e. The average molecular weight is 417 g/mol. The minimum atomic E-state index is 0.0806. The molecule has 2 aromatic carbocycles. The maximum absolute atomic E-state index is 13.7. The van der Waals surface area contributed by atoms with Gasteiger partial charge in [-0.1, -0.05) is 48.9 Å². The van der Waals surface area contributed by atoms with Gasteiger partial charge in [-0.3, -0.25) is 9.36 Å². The molecule has 152 valence electrons. The van der Waals surface area contributed by atoms with Gasteiger partial charge in [-0.2, -0.15) is 0 Å². The molecular formula is C25H24N2O2S. The lowest BCUT2D eigenvalue weighted by Crippen LogP contribution is -2.24. The van der Waals surface area contributed by atoms with E-state index in [0.717, 1.165) is 46.4 Å². The van der Waals surface area contributed by atoms with Crippen molar-refractivity contribution >= 4 is 21.6 Å². The molecule has 0 atom stereocenters. The number of fused-ring (bicyclic) bond motifs is 3. The molecule has 0 bridgehead atoms. The number of nitrogens with zero attached hydrogens (tertiary/aromatic N) is 2. The number of hydrogen-bond donors (Lipinski definition) is 1. The van der Waals surface area contributed by atoms with E-state index in [-0.39, 0.29) is 11.3 Å². The summed E-state index contributed by atoms with van der Waals surface area (Å²) in [7, 11) is 0. The molecule has 2 aromatic heterocycles. The van der Waals surface area contributed by atoms with Crippen LogP contribution in [0.4, 0.5) is 0 Å². The number of rotatable bonds is 4. The van der Waals surface area contributed by atoms with Gasteiger partial charge < -0.3 is 5.11 Å². The predicted octanol–water partition coefficient (Wildman–Crippen LogP) is 5.34. The predicted molar refractivity (Wildman–Crippen MR) is 122 cm³/mol. The molecule has 0 spiro atoms. The van der Waals surface area contributed by atoms with Gasteiger partial charge in [-0.15, -0.1) is 11.3 Å². The molecule has 4 aromatic rings. The second-order valence-electron chi connectivity index (χ2n) is 7.92. The van der Waals surface area contributed by atoms with E-state index in [2.05, 4.69) is 0 Å². The van der Waals surface area contributed by atoms with Crippen molar-refractivity contribution in [3.63, 3.8) is 0 Å². The van der Waals surface area contributed by atoms with Crippen LogP contribution in [0.2, 0.25) is 0 Å². The first-order chi connectivity index (χ1) is 14.7. The highest BCUT2D eigenvalue weighted by atomic mass is 32.1. The van der Waals surface area contributed by atoms with Crippen LogP contribution in [0, 0.1) is 0 Å². The Morgan fingerprint density at radius 1 is 0.967 bits per heavy atom. The summed E-state index contributed by atoms with van der Waals surface area (Å²) >= 11 is 1.71. The fourth-order valence-electron chi connectivity index (χ4n) is 4.33. The summed E-state index contributed by atoms with van der Waals surface area (Å²) in [4.78, 5) is 21.0. The van der Waals surface area contributed by atoms with Gasteiger partial charge >= 0.3 is 0 Å². The Bertz CT molecular complexity index is 1240. The Morgan fingerprint density at radius 3 is 2.53 bits per heavy atom. The number of phenols is 1. The van der Waals surface area contributed by atoms with Gasteiger partial charge in [0.15, 0.2) is 0 Å². The molecular weight excluding hydrogens is 392 g/mol. The van der Waals surface area contributed by atoms with E-state index in [1.54, 1.807) is 23.5 Å².